The molecule has 2 aromatic carbocycles. The highest BCUT2D eigenvalue weighted by atomic mass is 79.9. The van der Waals surface area contributed by atoms with Gasteiger partial charge in [-0.1, -0.05) is 17.7 Å². The summed E-state index contributed by atoms with van der Waals surface area (Å²) in [5, 5.41) is 3.45. The molecule has 1 aliphatic heterocycles. The van der Waals surface area contributed by atoms with E-state index in [1.807, 2.05) is 18.2 Å². The van der Waals surface area contributed by atoms with Crippen molar-refractivity contribution in [2.75, 3.05) is 13.2 Å². The first-order valence-corrected chi connectivity index (χ1v) is 8.98. The minimum Gasteiger partial charge on any atom is -0.486 e. The van der Waals surface area contributed by atoms with E-state index in [0.717, 1.165) is 11.3 Å². The van der Waals surface area contributed by atoms with E-state index in [-0.39, 0.29) is 5.91 Å². The smallest absolute Gasteiger partial charge is 0.261 e. The standard InChI is InChI=1S/C18H17BrClNO4/c1-11(25-15-5-3-13(20)9-14(15)19)18(22)21-10-12-2-4-16-17(8-12)24-7-6-23-16/h2-5,8-9,11H,6-7,10H2,1H3,(H,21,22). The van der Waals surface area contributed by atoms with E-state index in [2.05, 4.69) is 21.2 Å². The number of halogens is 2. The van der Waals surface area contributed by atoms with Gasteiger partial charge in [-0.15, -0.1) is 0 Å². The van der Waals surface area contributed by atoms with Gasteiger partial charge in [0.25, 0.3) is 5.91 Å². The van der Waals surface area contributed by atoms with Crippen LogP contribution in [0, 0.1) is 0 Å². The molecule has 7 heteroatoms. The number of hydrogen-bond acceptors (Lipinski definition) is 4. The lowest BCUT2D eigenvalue weighted by atomic mass is 10.2. The average Bonchev–Trinajstić information content (AvgIpc) is 2.61. The fraction of sp³-hybridized carbons (Fsp3) is 0.278. The van der Waals surface area contributed by atoms with Crippen LogP contribution in [-0.4, -0.2) is 25.2 Å². The van der Waals surface area contributed by atoms with Crippen molar-refractivity contribution >= 4 is 33.4 Å². The summed E-state index contributed by atoms with van der Waals surface area (Å²) in [5.74, 6) is 1.78. The van der Waals surface area contributed by atoms with E-state index in [4.69, 9.17) is 25.8 Å². The van der Waals surface area contributed by atoms with E-state index in [1.165, 1.54) is 0 Å². The minimum absolute atomic E-state index is 0.211. The first-order valence-electron chi connectivity index (χ1n) is 7.81. The average molecular weight is 427 g/mol. The Bertz CT molecular complexity index is 784. The molecule has 0 fully saturated rings. The summed E-state index contributed by atoms with van der Waals surface area (Å²) in [5.41, 5.74) is 0.928. The van der Waals surface area contributed by atoms with Gasteiger partial charge >= 0.3 is 0 Å². The second-order valence-corrected chi connectivity index (χ2v) is 6.82. The number of benzene rings is 2. The van der Waals surface area contributed by atoms with Crippen LogP contribution in [0.4, 0.5) is 0 Å². The predicted octanol–water partition coefficient (Wildman–Crippen LogP) is 3.96. The molecule has 0 aromatic heterocycles. The third kappa shape index (κ3) is 4.58. The highest BCUT2D eigenvalue weighted by Crippen LogP contribution is 2.31. The molecule has 0 saturated heterocycles. The SMILES string of the molecule is CC(Oc1ccc(Cl)cc1Br)C(=O)NCc1ccc2c(c1)OCCO2. The number of ether oxygens (including phenoxy) is 3. The first kappa shape index (κ1) is 17.9. The molecular formula is C18H17BrClNO4. The third-order valence-electron chi connectivity index (χ3n) is 3.64. The van der Waals surface area contributed by atoms with Crippen LogP contribution in [0.3, 0.4) is 0 Å². The molecule has 1 amide bonds. The van der Waals surface area contributed by atoms with Gasteiger partial charge in [-0.25, -0.2) is 0 Å². The Morgan fingerprint density at radius 3 is 2.76 bits per heavy atom. The minimum atomic E-state index is -0.644. The quantitative estimate of drug-likeness (QED) is 0.786. The molecule has 0 spiro atoms. The largest absolute Gasteiger partial charge is 0.486 e. The predicted molar refractivity (Wildman–Crippen MR) is 98.5 cm³/mol. The lowest BCUT2D eigenvalue weighted by molar-refractivity contribution is -0.127. The molecule has 1 unspecified atom stereocenters. The summed E-state index contributed by atoms with van der Waals surface area (Å²) in [4.78, 5) is 12.3. The number of carbonyl (C=O) groups excluding carboxylic acids is 1. The fourth-order valence-corrected chi connectivity index (χ4v) is 3.12. The molecule has 0 radical (unpaired) electrons. The lowest BCUT2D eigenvalue weighted by Gasteiger charge is -2.19. The van der Waals surface area contributed by atoms with E-state index in [0.29, 0.717) is 40.8 Å². The molecule has 25 heavy (non-hydrogen) atoms. The second-order valence-electron chi connectivity index (χ2n) is 5.53. The molecule has 5 nitrogen and oxygen atoms in total. The van der Waals surface area contributed by atoms with Crippen LogP contribution >= 0.6 is 27.5 Å². The number of rotatable bonds is 5. The number of hydrogen-bond donors (Lipinski definition) is 1. The van der Waals surface area contributed by atoms with Crippen LogP contribution in [0.25, 0.3) is 0 Å². The molecule has 0 bridgehead atoms. The van der Waals surface area contributed by atoms with Crippen molar-refractivity contribution in [1.82, 2.24) is 5.32 Å². The van der Waals surface area contributed by atoms with Gasteiger partial charge in [0, 0.05) is 11.6 Å². The zero-order valence-electron chi connectivity index (χ0n) is 13.6. The monoisotopic (exact) mass is 425 g/mol. The molecule has 0 aliphatic carbocycles. The van der Waals surface area contributed by atoms with E-state index in [9.17, 15) is 4.79 Å². The first-order chi connectivity index (χ1) is 12.0. The summed E-state index contributed by atoms with van der Waals surface area (Å²) in [6.07, 6.45) is -0.644. The van der Waals surface area contributed by atoms with Crippen LogP contribution in [0.1, 0.15) is 12.5 Å². The van der Waals surface area contributed by atoms with Crippen LogP contribution in [0.5, 0.6) is 17.2 Å². The number of amides is 1. The Kier molecular flexibility index (Phi) is 5.71. The highest BCUT2D eigenvalue weighted by molar-refractivity contribution is 9.10. The van der Waals surface area contributed by atoms with Gasteiger partial charge in [0.15, 0.2) is 17.6 Å². The van der Waals surface area contributed by atoms with Gasteiger partial charge in [-0.3, -0.25) is 4.79 Å². The summed E-state index contributed by atoms with van der Waals surface area (Å²) >= 11 is 9.27. The van der Waals surface area contributed by atoms with Crippen molar-refractivity contribution < 1.29 is 19.0 Å². The highest BCUT2D eigenvalue weighted by Gasteiger charge is 2.17. The normalized spacial score (nSPS) is 13.9. The van der Waals surface area contributed by atoms with Gasteiger partial charge in [-0.05, 0) is 58.7 Å². The van der Waals surface area contributed by atoms with E-state index >= 15 is 0 Å². The Balaban J connectivity index is 1.56. The van der Waals surface area contributed by atoms with Crippen molar-refractivity contribution in [2.45, 2.75) is 19.6 Å². The van der Waals surface area contributed by atoms with Crippen LogP contribution in [-0.2, 0) is 11.3 Å². The number of nitrogens with one attached hydrogen (secondary N) is 1. The maximum atomic E-state index is 12.3. The van der Waals surface area contributed by atoms with Gasteiger partial charge < -0.3 is 19.5 Å². The van der Waals surface area contributed by atoms with Gasteiger partial charge in [0.2, 0.25) is 0 Å². The van der Waals surface area contributed by atoms with Gasteiger partial charge in [0.05, 0.1) is 4.47 Å². The lowest BCUT2D eigenvalue weighted by Crippen LogP contribution is -2.36. The molecule has 1 atom stereocenters. The number of carbonyl (C=O) groups is 1. The summed E-state index contributed by atoms with van der Waals surface area (Å²) < 4.78 is 17.4. The molecule has 3 rings (SSSR count). The number of fused-ring (bicyclic) bond motifs is 1. The summed E-state index contributed by atoms with van der Waals surface area (Å²) in [7, 11) is 0. The second kappa shape index (κ2) is 7.97. The van der Waals surface area contributed by atoms with Crippen LogP contribution in [0.15, 0.2) is 40.9 Å². The van der Waals surface area contributed by atoms with Crippen molar-refractivity contribution in [1.29, 1.82) is 0 Å². The van der Waals surface area contributed by atoms with Crippen molar-refractivity contribution in [3.63, 3.8) is 0 Å². The topological polar surface area (TPSA) is 56.8 Å². The summed E-state index contributed by atoms with van der Waals surface area (Å²) in [6.45, 7) is 3.16. The third-order valence-corrected chi connectivity index (χ3v) is 4.50. The van der Waals surface area contributed by atoms with E-state index in [1.54, 1.807) is 25.1 Å². The Morgan fingerprint density at radius 2 is 2.00 bits per heavy atom. The maximum Gasteiger partial charge on any atom is 0.261 e. The zero-order chi connectivity index (χ0) is 17.8. The molecular weight excluding hydrogens is 410 g/mol. The van der Waals surface area contributed by atoms with Gasteiger partial charge in [-0.2, -0.15) is 0 Å². The maximum absolute atomic E-state index is 12.3. The Hall–Kier alpha value is -1.92. The Morgan fingerprint density at radius 1 is 1.24 bits per heavy atom. The Labute approximate surface area is 159 Å². The van der Waals surface area contributed by atoms with Gasteiger partial charge in [0.1, 0.15) is 19.0 Å². The van der Waals surface area contributed by atoms with E-state index < -0.39 is 6.10 Å². The molecule has 1 heterocycles. The zero-order valence-corrected chi connectivity index (χ0v) is 15.9. The van der Waals surface area contributed by atoms with Crippen LogP contribution in [0.2, 0.25) is 5.02 Å². The molecule has 1 aliphatic rings. The molecule has 132 valence electrons. The van der Waals surface area contributed by atoms with Crippen LogP contribution < -0.4 is 19.5 Å². The molecule has 2 aromatic rings. The molecule has 1 N–H and O–H groups in total. The van der Waals surface area contributed by atoms with Crippen molar-refractivity contribution in [3.05, 3.63) is 51.5 Å². The van der Waals surface area contributed by atoms with Crippen molar-refractivity contribution in [3.8, 4) is 17.2 Å². The molecule has 0 saturated carbocycles. The fourth-order valence-electron chi connectivity index (χ4n) is 2.35. The van der Waals surface area contributed by atoms with Crippen molar-refractivity contribution in [2.24, 2.45) is 0 Å². The summed E-state index contributed by atoms with van der Waals surface area (Å²) in [6, 6.07) is 10.8.